The fourth-order valence-electron chi connectivity index (χ4n) is 6.89. The monoisotopic (exact) mass is 381 g/mol. The lowest BCUT2D eigenvalue weighted by atomic mass is 9.54. The van der Waals surface area contributed by atoms with Gasteiger partial charge in [-0.05, 0) is 73.7 Å². The fraction of sp³-hybridized carbons (Fsp3) is 0.636. The number of aromatic nitrogens is 1. The van der Waals surface area contributed by atoms with Gasteiger partial charge in [0.25, 0.3) is 0 Å². The van der Waals surface area contributed by atoms with E-state index in [-0.39, 0.29) is 11.7 Å². The molecule has 8 unspecified atom stereocenters. The van der Waals surface area contributed by atoms with Gasteiger partial charge in [-0.2, -0.15) is 0 Å². The number of fused-ring (bicyclic) bond motifs is 6. The molecule has 0 amide bonds. The second-order valence-electron chi connectivity index (χ2n) is 9.29. The number of hydrogen-bond acceptors (Lipinski definition) is 6. The van der Waals surface area contributed by atoms with E-state index in [4.69, 9.17) is 9.26 Å². The molecule has 2 N–H and O–H groups in total. The first-order valence-electron chi connectivity index (χ1n) is 10.8. The first-order chi connectivity index (χ1) is 13.8. The van der Waals surface area contributed by atoms with Gasteiger partial charge in [0.15, 0.2) is 0 Å². The zero-order valence-corrected chi connectivity index (χ0v) is 15.9. The molecular weight excluding hydrogens is 354 g/mol. The average Bonchev–Trinajstić information content (AvgIpc) is 3.46. The molecule has 0 spiro atoms. The summed E-state index contributed by atoms with van der Waals surface area (Å²) in [6, 6.07) is 2.22. The zero-order chi connectivity index (χ0) is 18.7. The van der Waals surface area contributed by atoms with Crippen LogP contribution in [0.25, 0.3) is 0 Å². The smallest absolute Gasteiger partial charge is 0.382 e. The summed E-state index contributed by atoms with van der Waals surface area (Å²) in [4.78, 5) is 12.3. The number of carbonyl (C=O) groups excluding carboxylic acids is 1. The van der Waals surface area contributed by atoms with Crippen LogP contribution < -0.4 is 10.9 Å². The molecule has 2 heterocycles. The summed E-state index contributed by atoms with van der Waals surface area (Å²) in [6.45, 7) is 1.12. The Balaban J connectivity index is 1.19. The molecule has 1 aromatic rings. The van der Waals surface area contributed by atoms with Crippen LogP contribution in [0.4, 0.5) is 0 Å². The Labute approximate surface area is 164 Å². The molecule has 28 heavy (non-hydrogen) atoms. The number of nitrogens with zero attached hydrogens (tertiary/aromatic N) is 1. The van der Waals surface area contributed by atoms with E-state index in [1.165, 1.54) is 31.9 Å². The highest BCUT2D eigenvalue weighted by molar-refractivity contribution is 5.86. The minimum Gasteiger partial charge on any atom is -0.425 e. The van der Waals surface area contributed by atoms with Gasteiger partial charge in [-0.3, -0.25) is 10.9 Å². The number of hydrogen-bond donors (Lipinski definition) is 2. The van der Waals surface area contributed by atoms with Crippen molar-refractivity contribution in [3.8, 4) is 0 Å². The summed E-state index contributed by atoms with van der Waals surface area (Å²) < 4.78 is 10.6. The Morgan fingerprint density at radius 3 is 3.00 bits per heavy atom. The second-order valence-corrected chi connectivity index (χ2v) is 9.29. The van der Waals surface area contributed by atoms with E-state index in [1.807, 2.05) is 0 Å². The van der Waals surface area contributed by atoms with E-state index < -0.39 is 5.97 Å². The molecular formula is C22H27N3O3. The maximum atomic E-state index is 12.3. The van der Waals surface area contributed by atoms with E-state index in [0.717, 1.165) is 36.5 Å². The van der Waals surface area contributed by atoms with Gasteiger partial charge < -0.3 is 9.26 Å². The number of ether oxygens (including phenoxy) is 1. The van der Waals surface area contributed by atoms with E-state index in [9.17, 15) is 4.79 Å². The Hall–Kier alpha value is -1.92. The lowest BCUT2D eigenvalue weighted by molar-refractivity contribution is 0.0145. The van der Waals surface area contributed by atoms with Crippen LogP contribution >= 0.6 is 0 Å². The van der Waals surface area contributed by atoms with Crippen LogP contribution in [0, 0.1) is 41.4 Å². The van der Waals surface area contributed by atoms with Crippen LogP contribution in [0.15, 0.2) is 40.8 Å². The van der Waals surface area contributed by atoms with Gasteiger partial charge in [0, 0.05) is 24.6 Å². The quantitative estimate of drug-likeness (QED) is 0.606. The van der Waals surface area contributed by atoms with Crippen LogP contribution in [-0.4, -0.2) is 23.7 Å². The van der Waals surface area contributed by atoms with E-state index in [0.29, 0.717) is 23.8 Å². The van der Waals surface area contributed by atoms with Crippen LogP contribution in [0.3, 0.4) is 0 Å². The number of carbonyl (C=O) groups is 1. The molecule has 4 aliphatic carbocycles. The molecule has 2 saturated carbocycles. The Morgan fingerprint density at radius 1 is 1.14 bits per heavy atom. The highest BCUT2D eigenvalue weighted by Gasteiger charge is 2.51. The Bertz CT molecular complexity index is 817. The fourth-order valence-corrected chi connectivity index (χ4v) is 6.89. The molecule has 0 bridgehead atoms. The molecule has 0 aromatic carbocycles. The van der Waals surface area contributed by atoms with Gasteiger partial charge >= 0.3 is 5.97 Å². The van der Waals surface area contributed by atoms with Crippen LogP contribution in [0.5, 0.6) is 0 Å². The third-order valence-corrected chi connectivity index (χ3v) is 8.14. The molecule has 148 valence electrons. The third-order valence-electron chi connectivity index (χ3n) is 8.14. The first kappa shape index (κ1) is 17.0. The molecule has 8 atom stereocenters. The Kier molecular flexibility index (Phi) is 3.98. The van der Waals surface area contributed by atoms with Crippen LogP contribution in [0.1, 0.15) is 42.7 Å². The molecule has 1 aromatic heterocycles. The summed E-state index contributed by atoms with van der Waals surface area (Å²) in [5.74, 6) is 5.20. The molecule has 1 saturated heterocycles. The number of rotatable bonds is 2. The highest BCUT2D eigenvalue weighted by atomic mass is 16.6. The van der Waals surface area contributed by atoms with Crippen molar-refractivity contribution in [2.75, 3.05) is 6.54 Å². The number of allylic oxidation sites excluding steroid dienone is 3. The molecule has 3 fully saturated rings. The van der Waals surface area contributed by atoms with Crippen molar-refractivity contribution in [1.29, 1.82) is 0 Å². The van der Waals surface area contributed by atoms with Gasteiger partial charge in [0.1, 0.15) is 5.76 Å². The maximum absolute atomic E-state index is 12.3. The standard InChI is InChI=1S/C22H27N3O3/c26-22(21-7-8-24-28-21)27-20-6-5-15-14-2-1-12-10-19-13(11-23-25-19)9-18(12)16(14)3-4-17(15)20/h3-4,6-8,12-19,23,25H,1-2,5,9-11H2. The van der Waals surface area contributed by atoms with E-state index in [1.54, 1.807) is 6.07 Å². The van der Waals surface area contributed by atoms with E-state index in [2.05, 4.69) is 34.2 Å². The summed E-state index contributed by atoms with van der Waals surface area (Å²) in [5.41, 5.74) is 6.88. The summed E-state index contributed by atoms with van der Waals surface area (Å²) in [5, 5.41) is 3.60. The molecule has 6 nitrogen and oxygen atoms in total. The molecule has 0 radical (unpaired) electrons. The largest absolute Gasteiger partial charge is 0.425 e. The van der Waals surface area contributed by atoms with Crippen LogP contribution in [-0.2, 0) is 4.74 Å². The highest BCUT2D eigenvalue weighted by Crippen LogP contribution is 2.56. The van der Waals surface area contributed by atoms with Crippen molar-refractivity contribution in [3.63, 3.8) is 0 Å². The molecule has 6 rings (SSSR count). The lowest BCUT2D eigenvalue weighted by Gasteiger charge is -2.51. The van der Waals surface area contributed by atoms with Gasteiger partial charge in [-0.1, -0.05) is 17.3 Å². The number of esters is 1. The van der Waals surface area contributed by atoms with Crippen molar-refractivity contribution >= 4 is 5.97 Å². The summed E-state index contributed by atoms with van der Waals surface area (Å²) in [6.07, 6.45) is 14.7. The molecule has 1 aliphatic heterocycles. The third kappa shape index (κ3) is 2.61. The predicted molar refractivity (Wildman–Crippen MR) is 102 cm³/mol. The van der Waals surface area contributed by atoms with Crippen LogP contribution in [0.2, 0.25) is 0 Å². The molecule has 5 aliphatic rings. The minimum absolute atomic E-state index is 0.165. The summed E-state index contributed by atoms with van der Waals surface area (Å²) >= 11 is 0. The lowest BCUT2D eigenvalue weighted by Crippen LogP contribution is -2.47. The minimum atomic E-state index is -0.441. The van der Waals surface area contributed by atoms with Gasteiger partial charge in [0.2, 0.25) is 5.76 Å². The van der Waals surface area contributed by atoms with Crippen molar-refractivity contribution in [2.45, 2.75) is 38.1 Å². The average molecular weight is 381 g/mol. The van der Waals surface area contributed by atoms with Crippen molar-refractivity contribution < 1.29 is 14.1 Å². The van der Waals surface area contributed by atoms with Gasteiger partial charge in [0.05, 0.1) is 6.20 Å². The molecule has 6 heteroatoms. The van der Waals surface area contributed by atoms with Gasteiger partial charge in [-0.25, -0.2) is 4.79 Å². The predicted octanol–water partition coefficient (Wildman–Crippen LogP) is 3.07. The zero-order valence-electron chi connectivity index (χ0n) is 15.9. The second kappa shape index (κ2) is 6.56. The van der Waals surface area contributed by atoms with Crippen molar-refractivity contribution in [1.82, 2.24) is 16.0 Å². The van der Waals surface area contributed by atoms with Crippen molar-refractivity contribution in [3.05, 3.63) is 42.0 Å². The van der Waals surface area contributed by atoms with Gasteiger partial charge in [-0.15, -0.1) is 0 Å². The Morgan fingerprint density at radius 2 is 2.11 bits per heavy atom. The first-order valence-corrected chi connectivity index (χ1v) is 10.8. The normalized spacial score (nSPS) is 43.5. The SMILES string of the molecule is O=C(OC1=CCC2C1C=CC1C3CC4CNNC4CC3CCC12)c1ccno1. The van der Waals surface area contributed by atoms with Crippen molar-refractivity contribution in [2.24, 2.45) is 41.4 Å². The number of nitrogens with one attached hydrogen (secondary N) is 2. The van der Waals surface area contributed by atoms with E-state index >= 15 is 0 Å². The topological polar surface area (TPSA) is 76.4 Å². The summed E-state index contributed by atoms with van der Waals surface area (Å²) in [7, 11) is 0. The maximum Gasteiger partial charge on any atom is 0.382 e. The number of hydrazine groups is 1.